The summed E-state index contributed by atoms with van der Waals surface area (Å²) in [5.74, 6) is -0.374. The molecule has 5 heteroatoms. The van der Waals surface area contributed by atoms with Crippen LogP contribution in [0, 0.1) is 11.8 Å². The van der Waals surface area contributed by atoms with Gasteiger partial charge in [-0.25, -0.2) is 0 Å². The number of halogens is 2. The van der Waals surface area contributed by atoms with Gasteiger partial charge in [-0.15, -0.1) is 23.2 Å². The molecule has 16 heavy (non-hydrogen) atoms. The molecule has 1 amide bonds. The van der Waals surface area contributed by atoms with E-state index in [-0.39, 0.29) is 24.3 Å². The number of carbonyl (C=O) groups excluding carboxylic acids is 1. The van der Waals surface area contributed by atoms with Crippen molar-refractivity contribution >= 4 is 29.1 Å². The minimum atomic E-state index is -0.897. The molecule has 0 unspecified atom stereocenters. The minimum absolute atomic E-state index is 0.128. The highest BCUT2D eigenvalue weighted by molar-refractivity contribution is 6.52. The average molecular weight is 268 g/mol. The highest BCUT2D eigenvalue weighted by Gasteiger charge is 2.56. The van der Waals surface area contributed by atoms with Gasteiger partial charge in [-0.3, -0.25) is 4.79 Å². The van der Waals surface area contributed by atoms with Gasteiger partial charge in [-0.2, -0.15) is 0 Å². The molecule has 1 rings (SSSR count). The van der Waals surface area contributed by atoms with E-state index in [0.29, 0.717) is 6.42 Å². The summed E-state index contributed by atoms with van der Waals surface area (Å²) >= 11 is 11.6. The average Bonchev–Trinajstić information content (AvgIpc) is 2.83. The van der Waals surface area contributed by atoms with E-state index in [4.69, 9.17) is 23.2 Å². The Kier molecular flexibility index (Phi) is 4.14. The van der Waals surface area contributed by atoms with Crippen LogP contribution in [0.25, 0.3) is 0 Å². The largest absolute Gasteiger partial charge is 0.388 e. The second kappa shape index (κ2) is 4.71. The fourth-order valence-electron chi connectivity index (χ4n) is 1.50. The van der Waals surface area contributed by atoms with Gasteiger partial charge in [0, 0.05) is 6.54 Å². The van der Waals surface area contributed by atoms with Crippen molar-refractivity contribution in [2.24, 2.45) is 11.8 Å². The molecular formula is C11H19Cl2NO2. The maximum Gasteiger partial charge on any atom is 0.226 e. The van der Waals surface area contributed by atoms with Crippen molar-refractivity contribution in [3.8, 4) is 0 Å². The van der Waals surface area contributed by atoms with E-state index in [0.717, 1.165) is 6.42 Å². The Morgan fingerprint density at radius 2 is 2.19 bits per heavy atom. The standard InChI is InChI=1S/C11H19Cl2NO2/c1-4-7(2)10(3,16)6-14-9(15)8-5-11(8,12)13/h7-8,16H,4-6H2,1-3H3,(H,14,15)/t7-,8+,10+/m0/s1. The van der Waals surface area contributed by atoms with E-state index in [2.05, 4.69) is 5.32 Å². The molecule has 3 atom stereocenters. The van der Waals surface area contributed by atoms with Crippen molar-refractivity contribution in [3.05, 3.63) is 0 Å². The zero-order chi connectivity index (χ0) is 12.6. The molecule has 0 aliphatic heterocycles. The summed E-state index contributed by atoms with van der Waals surface area (Å²) in [5.41, 5.74) is -0.888. The third-order valence-corrected chi connectivity index (χ3v) is 4.27. The smallest absolute Gasteiger partial charge is 0.226 e. The van der Waals surface area contributed by atoms with E-state index in [1.54, 1.807) is 6.92 Å². The van der Waals surface area contributed by atoms with Crippen molar-refractivity contribution < 1.29 is 9.90 Å². The van der Waals surface area contributed by atoms with Crippen molar-refractivity contribution in [3.63, 3.8) is 0 Å². The molecule has 0 radical (unpaired) electrons. The molecule has 3 nitrogen and oxygen atoms in total. The SMILES string of the molecule is CC[C@H](C)[C@](C)(O)CNC(=O)[C@H]1CC1(Cl)Cl. The molecular weight excluding hydrogens is 249 g/mol. The van der Waals surface area contributed by atoms with E-state index in [1.807, 2.05) is 13.8 Å². The highest BCUT2D eigenvalue weighted by atomic mass is 35.5. The van der Waals surface area contributed by atoms with E-state index in [9.17, 15) is 9.90 Å². The van der Waals surface area contributed by atoms with Crippen LogP contribution in [-0.2, 0) is 4.79 Å². The summed E-state index contributed by atoms with van der Waals surface area (Å²) in [5, 5.41) is 12.8. The zero-order valence-electron chi connectivity index (χ0n) is 9.89. The Hall–Kier alpha value is 0.01000. The molecule has 1 aliphatic carbocycles. The van der Waals surface area contributed by atoms with Crippen LogP contribution >= 0.6 is 23.2 Å². The summed E-state index contributed by atoms with van der Waals surface area (Å²) in [6, 6.07) is 0. The number of rotatable bonds is 5. The van der Waals surface area contributed by atoms with Crippen molar-refractivity contribution in [2.75, 3.05) is 6.54 Å². The van der Waals surface area contributed by atoms with Gasteiger partial charge in [-0.05, 0) is 19.3 Å². The molecule has 94 valence electrons. The number of amides is 1. The summed E-state index contributed by atoms with van der Waals surface area (Å²) in [6.07, 6.45) is 1.36. The Morgan fingerprint density at radius 1 is 1.69 bits per heavy atom. The lowest BCUT2D eigenvalue weighted by molar-refractivity contribution is -0.124. The molecule has 0 spiro atoms. The second-order valence-corrected chi connectivity index (χ2v) is 6.44. The first-order valence-electron chi connectivity index (χ1n) is 5.58. The molecule has 0 bridgehead atoms. The number of alkyl halides is 2. The first-order chi connectivity index (χ1) is 7.20. The fraction of sp³-hybridized carbons (Fsp3) is 0.909. The topological polar surface area (TPSA) is 49.3 Å². The predicted molar refractivity (Wildman–Crippen MR) is 65.6 cm³/mol. The number of hydrogen-bond donors (Lipinski definition) is 2. The van der Waals surface area contributed by atoms with E-state index < -0.39 is 9.93 Å². The molecule has 2 N–H and O–H groups in total. The number of hydrogen-bond acceptors (Lipinski definition) is 2. The predicted octanol–water partition coefficient (Wildman–Crippen LogP) is 2.09. The van der Waals surface area contributed by atoms with E-state index in [1.165, 1.54) is 0 Å². The molecule has 1 saturated carbocycles. The monoisotopic (exact) mass is 267 g/mol. The summed E-state index contributed by atoms with van der Waals surface area (Å²) in [6.45, 7) is 5.92. The highest BCUT2D eigenvalue weighted by Crippen LogP contribution is 2.53. The van der Waals surface area contributed by atoms with Crippen LogP contribution in [0.3, 0.4) is 0 Å². The maximum atomic E-state index is 11.6. The van der Waals surface area contributed by atoms with E-state index >= 15 is 0 Å². The Labute approximate surface area is 106 Å². The molecule has 1 fully saturated rings. The van der Waals surface area contributed by atoms with Crippen LogP contribution in [0.15, 0.2) is 0 Å². The molecule has 0 heterocycles. The van der Waals surface area contributed by atoms with Gasteiger partial charge in [0.05, 0.1) is 11.5 Å². The van der Waals surface area contributed by atoms with Gasteiger partial charge in [0.1, 0.15) is 4.33 Å². The number of carbonyl (C=O) groups is 1. The van der Waals surface area contributed by atoms with Crippen molar-refractivity contribution in [1.82, 2.24) is 5.32 Å². The Balaban J connectivity index is 2.37. The first kappa shape index (κ1) is 14.1. The van der Waals surface area contributed by atoms with Crippen LogP contribution < -0.4 is 5.32 Å². The van der Waals surface area contributed by atoms with Gasteiger partial charge < -0.3 is 10.4 Å². The van der Waals surface area contributed by atoms with Gasteiger partial charge in [0.25, 0.3) is 0 Å². The Bertz CT molecular complexity index is 279. The van der Waals surface area contributed by atoms with Crippen LogP contribution in [0.5, 0.6) is 0 Å². The molecule has 0 aromatic carbocycles. The van der Waals surface area contributed by atoms with Crippen LogP contribution in [0.2, 0.25) is 0 Å². The van der Waals surface area contributed by atoms with Crippen LogP contribution in [-0.4, -0.2) is 27.5 Å². The lowest BCUT2D eigenvalue weighted by Crippen LogP contribution is -2.45. The van der Waals surface area contributed by atoms with Crippen LogP contribution in [0.1, 0.15) is 33.6 Å². The quantitative estimate of drug-likeness (QED) is 0.750. The maximum absolute atomic E-state index is 11.6. The molecule has 0 aromatic rings. The molecule has 0 saturated heterocycles. The van der Waals surface area contributed by atoms with Gasteiger partial charge in [0.15, 0.2) is 0 Å². The summed E-state index contributed by atoms with van der Waals surface area (Å²) < 4.78 is -0.897. The zero-order valence-corrected chi connectivity index (χ0v) is 11.4. The lowest BCUT2D eigenvalue weighted by atomic mass is 9.88. The number of aliphatic hydroxyl groups is 1. The molecule has 1 aliphatic rings. The first-order valence-corrected chi connectivity index (χ1v) is 6.34. The van der Waals surface area contributed by atoms with Gasteiger partial charge >= 0.3 is 0 Å². The third-order valence-electron chi connectivity index (χ3n) is 3.44. The Morgan fingerprint density at radius 3 is 2.56 bits per heavy atom. The third kappa shape index (κ3) is 3.25. The summed E-state index contributed by atoms with van der Waals surface area (Å²) in [7, 11) is 0. The minimum Gasteiger partial charge on any atom is -0.388 e. The normalized spacial score (nSPS) is 28.0. The summed E-state index contributed by atoms with van der Waals surface area (Å²) in [4.78, 5) is 11.6. The molecule has 0 aromatic heterocycles. The van der Waals surface area contributed by atoms with Gasteiger partial charge in [0.2, 0.25) is 5.91 Å². The van der Waals surface area contributed by atoms with Crippen molar-refractivity contribution in [1.29, 1.82) is 0 Å². The van der Waals surface area contributed by atoms with Crippen molar-refractivity contribution in [2.45, 2.75) is 43.5 Å². The number of nitrogens with one attached hydrogen (secondary N) is 1. The second-order valence-electron chi connectivity index (χ2n) is 4.90. The lowest BCUT2D eigenvalue weighted by Gasteiger charge is -2.29. The van der Waals surface area contributed by atoms with Gasteiger partial charge in [-0.1, -0.05) is 20.3 Å². The van der Waals surface area contributed by atoms with Crippen LogP contribution in [0.4, 0.5) is 0 Å². The fourth-order valence-corrected chi connectivity index (χ4v) is 2.01.